The highest BCUT2D eigenvalue weighted by molar-refractivity contribution is 5.17. The van der Waals surface area contributed by atoms with Gasteiger partial charge in [-0.1, -0.05) is 6.92 Å². The lowest BCUT2D eigenvalue weighted by Gasteiger charge is -2.07. The maximum Gasteiger partial charge on any atom is 0.127 e. The predicted molar refractivity (Wildman–Crippen MR) is 66.8 cm³/mol. The average Bonchev–Trinajstić information content (AvgIpc) is 2.92. The van der Waals surface area contributed by atoms with Crippen LogP contribution in [0.4, 0.5) is 0 Å². The summed E-state index contributed by atoms with van der Waals surface area (Å²) in [6.07, 6.45) is 7.73. The molecule has 0 bridgehead atoms. The van der Waals surface area contributed by atoms with Crippen molar-refractivity contribution in [2.75, 3.05) is 7.05 Å². The molecule has 0 atom stereocenters. The fourth-order valence-corrected chi connectivity index (χ4v) is 1.94. The monoisotopic (exact) mass is 233 g/mol. The highest BCUT2D eigenvalue weighted by atomic mass is 16.3. The number of furan rings is 1. The Morgan fingerprint density at radius 2 is 2.35 bits per heavy atom. The minimum atomic E-state index is 0.763. The third-order valence-electron chi connectivity index (χ3n) is 2.79. The van der Waals surface area contributed by atoms with Gasteiger partial charge < -0.3 is 14.3 Å². The SMILES string of the molecule is CCCc1nccn1Cc1occc1CNC. The van der Waals surface area contributed by atoms with E-state index in [1.54, 1.807) is 6.26 Å². The summed E-state index contributed by atoms with van der Waals surface area (Å²) < 4.78 is 7.69. The van der Waals surface area contributed by atoms with Crippen LogP contribution < -0.4 is 5.32 Å². The van der Waals surface area contributed by atoms with Gasteiger partial charge in [0.1, 0.15) is 11.6 Å². The first-order valence-electron chi connectivity index (χ1n) is 6.05. The molecular formula is C13H19N3O. The molecule has 0 aliphatic carbocycles. The van der Waals surface area contributed by atoms with Gasteiger partial charge in [-0.15, -0.1) is 0 Å². The van der Waals surface area contributed by atoms with Crippen molar-refractivity contribution in [3.05, 3.63) is 41.9 Å². The third-order valence-corrected chi connectivity index (χ3v) is 2.79. The van der Waals surface area contributed by atoms with Crippen LogP contribution in [0, 0.1) is 0 Å². The molecule has 0 saturated carbocycles. The Morgan fingerprint density at radius 1 is 1.47 bits per heavy atom. The number of aromatic nitrogens is 2. The molecule has 0 unspecified atom stereocenters. The second kappa shape index (κ2) is 5.68. The Balaban J connectivity index is 2.13. The van der Waals surface area contributed by atoms with Crippen molar-refractivity contribution >= 4 is 0 Å². The quantitative estimate of drug-likeness (QED) is 0.831. The minimum absolute atomic E-state index is 0.763. The van der Waals surface area contributed by atoms with Gasteiger partial charge in [-0.05, 0) is 19.5 Å². The molecule has 0 radical (unpaired) electrons. The molecule has 4 nitrogen and oxygen atoms in total. The van der Waals surface area contributed by atoms with Crippen LogP contribution >= 0.6 is 0 Å². The lowest BCUT2D eigenvalue weighted by molar-refractivity contribution is 0.481. The van der Waals surface area contributed by atoms with Crippen molar-refractivity contribution < 1.29 is 4.42 Å². The summed E-state index contributed by atoms with van der Waals surface area (Å²) in [6, 6.07) is 2.02. The molecule has 17 heavy (non-hydrogen) atoms. The normalized spacial score (nSPS) is 10.9. The number of aryl methyl sites for hydroxylation is 1. The standard InChI is InChI=1S/C13H19N3O/c1-3-4-13-15-6-7-16(13)10-12-11(9-14-2)5-8-17-12/h5-8,14H,3-4,9-10H2,1-2H3. The predicted octanol–water partition coefficient (Wildman–Crippen LogP) is 2.20. The van der Waals surface area contributed by atoms with Crippen LogP contribution in [0.5, 0.6) is 0 Å². The molecule has 2 aromatic rings. The van der Waals surface area contributed by atoms with E-state index >= 15 is 0 Å². The summed E-state index contributed by atoms with van der Waals surface area (Å²) >= 11 is 0. The molecule has 2 aromatic heterocycles. The second-order valence-electron chi connectivity index (χ2n) is 4.12. The minimum Gasteiger partial charge on any atom is -0.467 e. The second-order valence-corrected chi connectivity index (χ2v) is 4.12. The topological polar surface area (TPSA) is 43.0 Å². The number of nitrogens with zero attached hydrogens (tertiary/aromatic N) is 2. The smallest absolute Gasteiger partial charge is 0.127 e. The first kappa shape index (κ1) is 11.9. The zero-order valence-electron chi connectivity index (χ0n) is 10.4. The summed E-state index contributed by atoms with van der Waals surface area (Å²) in [5, 5.41) is 3.14. The van der Waals surface area contributed by atoms with Crippen molar-refractivity contribution in [2.24, 2.45) is 0 Å². The van der Waals surface area contributed by atoms with Crippen LogP contribution in [0.3, 0.4) is 0 Å². The Morgan fingerprint density at radius 3 is 3.12 bits per heavy atom. The van der Waals surface area contributed by atoms with E-state index in [9.17, 15) is 0 Å². The van der Waals surface area contributed by atoms with Crippen LogP contribution in [0.2, 0.25) is 0 Å². The lowest BCUT2D eigenvalue weighted by Crippen LogP contribution is -2.09. The highest BCUT2D eigenvalue weighted by Crippen LogP contribution is 2.13. The van der Waals surface area contributed by atoms with Crippen molar-refractivity contribution in [2.45, 2.75) is 32.9 Å². The number of imidazole rings is 1. The summed E-state index contributed by atoms with van der Waals surface area (Å²) in [6.45, 7) is 3.77. The molecule has 0 aliphatic rings. The molecule has 0 saturated heterocycles. The van der Waals surface area contributed by atoms with Gasteiger partial charge in [0.05, 0.1) is 12.8 Å². The molecule has 0 aromatic carbocycles. The maximum absolute atomic E-state index is 5.54. The average molecular weight is 233 g/mol. The molecule has 0 spiro atoms. The number of hydrogen-bond acceptors (Lipinski definition) is 3. The van der Waals surface area contributed by atoms with Crippen LogP contribution in [0.15, 0.2) is 29.1 Å². The molecular weight excluding hydrogens is 214 g/mol. The van der Waals surface area contributed by atoms with E-state index in [4.69, 9.17) is 4.42 Å². The largest absolute Gasteiger partial charge is 0.467 e. The maximum atomic E-state index is 5.54. The van der Waals surface area contributed by atoms with E-state index in [2.05, 4.69) is 21.8 Å². The fourth-order valence-electron chi connectivity index (χ4n) is 1.94. The first-order valence-corrected chi connectivity index (χ1v) is 6.05. The van der Waals surface area contributed by atoms with E-state index in [1.165, 1.54) is 5.56 Å². The van der Waals surface area contributed by atoms with E-state index < -0.39 is 0 Å². The van der Waals surface area contributed by atoms with E-state index in [0.717, 1.165) is 37.5 Å². The molecule has 2 heterocycles. The molecule has 0 aliphatic heterocycles. The third kappa shape index (κ3) is 2.77. The van der Waals surface area contributed by atoms with Gasteiger partial charge in [0.15, 0.2) is 0 Å². The molecule has 2 rings (SSSR count). The van der Waals surface area contributed by atoms with Crippen molar-refractivity contribution in [1.29, 1.82) is 0 Å². The van der Waals surface area contributed by atoms with Gasteiger partial charge in [0.25, 0.3) is 0 Å². The Labute approximate surface area is 102 Å². The number of rotatable bonds is 6. The molecule has 0 amide bonds. The molecule has 4 heteroatoms. The van der Waals surface area contributed by atoms with E-state index in [1.807, 2.05) is 25.5 Å². The number of hydrogen-bond donors (Lipinski definition) is 1. The lowest BCUT2D eigenvalue weighted by atomic mass is 10.2. The van der Waals surface area contributed by atoms with Crippen molar-refractivity contribution in [1.82, 2.24) is 14.9 Å². The van der Waals surface area contributed by atoms with Crippen molar-refractivity contribution in [3.63, 3.8) is 0 Å². The van der Waals surface area contributed by atoms with Crippen molar-refractivity contribution in [3.8, 4) is 0 Å². The highest BCUT2D eigenvalue weighted by Gasteiger charge is 2.08. The van der Waals surface area contributed by atoms with Gasteiger partial charge in [0.2, 0.25) is 0 Å². The van der Waals surface area contributed by atoms with Crippen LogP contribution in [-0.4, -0.2) is 16.6 Å². The van der Waals surface area contributed by atoms with Gasteiger partial charge in [0, 0.05) is 30.9 Å². The summed E-state index contributed by atoms with van der Waals surface area (Å²) in [7, 11) is 1.94. The molecule has 92 valence electrons. The Hall–Kier alpha value is -1.55. The Bertz CT molecular complexity index is 416. The summed E-state index contributed by atoms with van der Waals surface area (Å²) in [4.78, 5) is 4.37. The molecule has 0 fully saturated rings. The zero-order valence-corrected chi connectivity index (χ0v) is 10.4. The molecule has 1 N–H and O–H groups in total. The van der Waals surface area contributed by atoms with Gasteiger partial charge in [-0.2, -0.15) is 0 Å². The first-order chi connectivity index (χ1) is 8.35. The van der Waals surface area contributed by atoms with Crippen LogP contribution in [0.25, 0.3) is 0 Å². The van der Waals surface area contributed by atoms with Crippen LogP contribution in [0.1, 0.15) is 30.5 Å². The Kier molecular flexibility index (Phi) is 3.98. The summed E-state index contributed by atoms with van der Waals surface area (Å²) in [5.74, 6) is 2.13. The van der Waals surface area contributed by atoms with E-state index in [-0.39, 0.29) is 0 Å². The van der Waals surface area contributed by atoms with Gasteiger partial charge in [-0.3, -0.25) is 0 Å². The zero-order chi connectivity index (χ0) is 12.1. The van der Waals surface area contributed by atoms with Crippen LogP contribution in [-0.2, 0) is 19.5 Å². The van der Waals surface area contributed by atoms with Gasteiger partial charge >= 0.3 is 0 Å². The summed E-state index contributed by atoms with van der Waals surface area (Å²) in [5.41, 5.74) is 1.21. The van der Waals surface area contributed by atoms with Gasteiger partial charge in [-0.25, -0.2) is 4.98 Å². The van der Waals surface area contributed by atoms with E-state index in [0.29, 0.717) is 0 Å². The number of nitrogens with one attached hydrogen (secondary N) is 1. The fraction of sp³-hybridized carbons (Fsp3) is 0.462.